The van der Waals surface area contributed by atoms with Gasteiger partial charge in [0.15, 0.2) is 0 Å². The first kappa shape index (κ1) is 17.5. The Bertz CT molecular complexity index is 851. The van der Waals surface area contributed by atoms with Gasteiger partial charge in [-0.3, -0.25) is 14.5 Å². The van der Waals surface area contributed by atoms with Crippen LogP contribution >= 0.6 is 0 Å². The van der Waals surface area contributed by atoms with Crippen LogP contribution in [0.2, 0.25) is 0 Å². The molecule has 0 radical (unpaired) electrons. The Kier molecular flexibility index (Phi) is 4.65. The summed E-state index contributed by atoms with van der Waals surface area (Å²) in [5.41, 5.74) is 0.576. The van der Waals surface area contributed by atoms with E-state index in [2.05, 4.69) is 15.5 Å². The Hall–Kier alpha value is -3.30. The molecule has 1 N–H and O–H groups in total. The quantitative estimate of drug-likeness (QED) is 0.788. The maximum atomic E-state index is 12.9. The van der Waals surface area contributed by atoms with E-state index in [0.29, 0.717) is 5.56 Å². The van der Waals surface area contributed by atoms with E-state index in [1.54, 1.807) is 0 Å². The number of nitrogens with zero attached hydrogens (tertiary/aromatic N) is 4. The molecule has 9 nitrogen and oxygen atoms in total. The van der Waals surface area contributed by atoms with Crippen molar-refractivity contribution in [3.05, 3.63) is 36.0 Å². The Balaban J connectivity index is 1.56. The molecule has 2 heterocycles. The average Bonchev–Trinajstić information content (AvgIpc) is 3.17. The van der Waals surface area contributed by atoms with Crippen molar-refractivity contribution in [2.75, 3.05) is 14.1 Å². The molecule has 1 atom stereocenters. The van der Waals surface area contributed by atoms with Crippen LogP contribution < -0.4 is 5.32 Å². The molecule has 1 aliphatic heterocycles. The van der Waals surface area contributed by atoms with Gasteiger partial charge in [-0.2, -0.15) is 4.98 Å². The van der Waals surface area contributed by atoms with E-state index in [4.69, 9.17) is 4.52 Å². The van der Waals surface area contributed by atoms with Gasteiger partial charge in [0.1, 0.15) is 11.9 Å². The molecule has 1 aromatic carbocycles. The molecule has 4 amide bonds. The largest absolute Gasteiger partial charge is 0.347 e. The van der Waals surface area contributed by atoms with Gasteiger partial charge >= 0.3 is 6.03 Å². The van der Waals surface area contributed by atoms with Gasteiger partial charge in [-0.25, -0.2) is 9.18 Å². The zero-order valence-electron chi connectivity index (χ0n) is 14.1. The molecule has 1 saturated heterocycles. The SMILES string of the molecule is CN1C(=O)[C@@H](CC(=O)NCc2nc(-c3ccc(F)cc3)no2)N(C)C1=O. The molecule has 2 aromatic rings. The Morgan fingerprint density at radius 2 is 1.96 bits per heavy atom. The molecule has 1 aromatic heterocycles. The lowest BCUT2D eigenvalue weighted by Gasteiger charge is -2.15. The smallest absolute Gasteiger partial charge is 0.326 e. The molecule has 1 aliphatic rings. The molecular weight excluding hydrogens is 345 g/mol. The van der Waals surface area contributed by atoms with Crippen LogP contribution in [0.4, 0.5) is 9.18 Å². The fraction of sp³-hybridized carbons (Fsp3) is 0.312. The van der Waals surface area contributed by atoms with Crippen molar-refractivity contribution in [2.45, 2.75) is 19.0 Å². The van der Waals surface area contributed by atoms with Crippen molar-refractivity contribution >= 4 is 17.8 Å². The second-order valence-corrected chi connectivity index (χ2v) is 5.81. The second kappa shape index (κ2) is 6.90. The van der Waals surface area contributed by atoms with Crippen molar-refractivity contribution in [3.63, 3.8) is 0 Å². The number of urea groups is 1. The normalized spacial score (nSPS) is 17.1. The zero-order valence-corrected chi connectivity index (χ0v) is 14.1. The number of hydrogen-bond donors (Lipinski definition) is 1. The van der Waals surface area contributed by atoms with Gasteiger partial charge in [0.25, 0.3) is 5.91 Å². The summed E-state index contributed by atoms with van der Waals surface area (Å²) < 4.78 is 18.0. The number of aromatic nitrogens is 2. The fourth-order valence-corrected chi connectivity index (χ4v) is 2.54. The van der Waals surface area contributed by atoms with Crippen molar-refractivity contribution in [1.82, 2.24) is 25.3 Å². The van der Waals surface area contributed by atoms with E-state index in [0.717, 1.165) is 4.90 Å². The highest BCUT2D eigenvalue weighted by atomic mass is 19.1. The molecule has 0 spiro atoms. The number of carbonyl (C=O) groups excluding carboxylic acids is 3. The first-order valence-corrected chi connectivity index (χ1v) is 7.76. The van der Waals surface area contributed by atoms with Gasteiger partial charge < -0.3 is 14.7 Å². The first-order valence-electron chi connectivity index (χ1n) is 7.76. The van der Waals surface area contributed by atoms with Gasteiger partial charge in [0, 0.05) is 19.7 Å². The van der Waals surface area contributed by atoms with Crippen LogP contribution in [-0.4, -0.2) is 57.9 Å². The molecule has 136 valence electrons. The third-order valence-electron chi connectivity index (χ3n) is 4.06. The van der Waals surface area contributed by atoms with Gasteiger partial charge in [0.2, 0.25) is 17.6 Å². The highest BCUT2D eigenvalue weighted by Gasteiger charge is 2.41. The molecule has 0 unspecified atom stereocenters. The Morgan fingerprint density at radius 3 is 2.58 bits per heavy atom. The van der Waals surface area contributed by atoms with E-state index < -0.39 is 23.9 Å². The molecule has 0 saturated carbocycles. The minimum Gasteiger partial charge on any atom is -0.347 e. The van der Waals surface area contributed by atoms with Crippen LogP contribution in [0.1, 0.15) is 12.3 Å². The molecule has 10 heteroatoms. The maximum Gasteiger partial charge on any atom is 0.326 e. The fourth-order valence-electron chi connectivity index (χ4n) is 2.54. The topological polar surface area (TPSA) is 109 Å². The third kappa shape index (κ3) is 3.39. The van der Waals surface area contributed by atoms with Gasteiger partial charge in [0.05, 0.1) is 13.0 Å². The predicted octanol–water partition coefficient (Wildman–Crippen LogP) is 0.774. The summed E-state index contributed by atoms with van der Waals surface area (Å²) in [7, 11) is 2.84. The van der Waals surface area contributed by atoms with Crippen LogP contribution in [0.5, 0.6) is 0 Å². The molecule has 1 fully saturated rings. The predicted molar refractivity (Wildman–Crippen MR) is 85.9 cm³/mol. The lowest BCUT2D eigenvalue weighted by Crippen LogP contribution is -2.37. The van der Waals surface area contributed by atoms with E-state index in [1.165, 1.54) is 43.3 Å². The van der Waals surface area contributed by atoms with Crippen LogP contribution in [0.15, 0.2) is 28.8 Å². The van der Waals surface area contributed by atoms with Crippen molar-refractivity contribution < 1.29 is 23.3 Å². The number of amides is 4. The number of carbonyl (C=O) groups is 3. The van der Waals surface area contributed by atoms with Gasteiger partial charge in [-0.05, 0) is 24.3 Å². The summed E-state index contributed by atoms with van der Waals surface area (Å²) >= 11 is 0. The molecule has 0 bridgehead atoms. The van der Waals surface area contributed by atoms with Crippen LogP contribution in [-0.2, 0) is 16.1 Å². The maximum absolute atomic E-state index is 12.9. The monoisotopic (exact) mass is 361 g/mol. The van der Waals surface area contributed by atoms with E-state index in [-0.39, 0.29) is 30.5 Å². The third-order valence-corrected chi connectivity index (χ3v) is 4.06. The molecule has 26 heavy (non-hydrogen) atoms. The van der Waals surface area contributed by atoms with Crippen molar-refractivity contribution in [2.24, 2.45) is 0 Å². The number of rotatable bonds is 5. The van der Waals surface area contributed by atoms with E-state index in [9.17, 15) is 18.8 Å². The summed E-state index contributed by atoms with van der Waals surface area (Å²) in [6, 6.07) is 4.30. The number of hydrogen-bond acceptors (Lipinski definition) is 6. The minimum absolute atomic E-state index is 0.0264. The zero-order chi connectivity index (χ0) is 18.8. The van der Waals surface area contributed by atoms with E-state index >= 15 is 0 Å². The highest BCUT2D eigenvalue weighted by Crippen LogP contribution is 2.17. The lowest BCUT2D eigenvalue weighted by atomic mass is 10.2. The van der Waals surface area contributed by atoms with Crippen LogP contribution in [0, 0.1) is 5.82 Å². The summed E-state index contributed by atoms with van der Waals surface area (Å²) in [4.78, 5) is 42.0. The summed E-state index contributed by atoms with van der Waals surface area (Å²) in [6.07, 6.45) is -0.162. The molecule has 3 rings (SSSR count). The summed E-state index contributed by atoms with van der Waals surface area (Å²) in [5, 5.41) is 6.33. The number of halogens is 1. The Morgan fingerprint density at radius 1 is 1.27 bits per heavy atom. The molecular formula is C16H16FN5O4. The van der Waals surface area contributed by atoms with Gasteiger partial charge in [-0.15, -0.1) is 0 Å². The number of nitrogens with one attached hydrogen (secondary N) is 1. The summed E-state index contributed by atoms with van der Waals surface area (Å²) in [5.74, 6) is -0.798. The van der Waals surface area contributed by atoms with Crippen molar-refractivity contribution in [1.29, 1.82) is 0 Å². The van der Waals surface area contributed by atoms with Crippen molar-refractivity contribution in [3.8, 4) is 11.4 Å². The second-order valence-electron chi connectivity index (χ2n) is 5.81. The Labute approximate surface area is 147 Å². The minimum atomic E-state index is -0.829. The first-order chi connectivity index (χ1) is 12.4. The standard InChI is InChI=1S/C16H16FN5O4/c1-21-11(15(24)22(2)16(21)25)7-12(23)18-8-13-19-14(20-26-13)9-3-5-10(17)6-4-9/h3-6,11H,7-8H2,1-2H3,(H,18,23)/t11-/m1/s1. The average molecular weight is 361 g/mol. The highest BCUT2D eigenvalue weighted by molar-refractivity contribution is 6.05. The lowest BCUT2D eigenvalue weighted by molar-refractivity contribution is -0.131. The molecule has 0 aliphatic carbocycles. The number of imide groups is 1. The van der Waals surface area contributed by atoms with E-state index in [1.807, 2.05) is 0 Å². The van der Waals surface area contributed by atoms with Crippen LogP contribution in [0.25, 0.3) is 11.4 Å². The van der Waals surface area contributed by atoms with Gasteiger partial charge in [-0.1, -0.05) is 5.16 Å². The number of benzene rings is 1. The van der Waals surface area contributed by atoms with Crippen LogP contribution in [0.3, 0.4) is 0 Å². The summed E-state index contributed by atoms with van der Waals surface area (Å²) in [6.45, 7) is -0.0264. The number of likely N-dealkylation sites (N-methyl/N-ethyl adjacent to an activating group) is 2.